The Bertz CT molecular complexity index is 344. The van der Waals surface area contributed by atoms with Crippen molar-refractivity contribution in [2.45, 2.75) is 18.1 Å². The van der Waals surface area contributed by atoms with Crippen molar-refractivity contribution >= 4 is 0 Å². The standard InChI is InChI=1S/C11H14N2O2/c1-2-5-13-9(3-1)11-4-6-12-7-10(11)14-8-15-11/h1-3,5,10,12H,4,6-8H2. The van der Waals surface area contributed by atoms with E-state index in [1.165, 1.54) is 0 Å². The number of nitrogens with zero attached hydrogens (tertiary/aromatic N) is 1. The smallest absolute Gasteiger partial charge is 0.148 e. The molecule has 2 unspecified atom stereocenters. The number of hydrogen-bond donors (Lipinski definition) is 1. The summed E-state index contributed by atoms with van der Waals surface area (Å²) in [7, 11) is 0. The zero-order chi connectivity index (χ0) is 10.1. The molecule has 15 heavy (non-hydrogen) atoms. The van der Waals surface area contributed by atoms with Crippen LogP contribution in [0.25, 0.3) is 0 Å². The van der Waals surface area contributed by atoms with E-state index in [0.29, 0.717) is 6.79 Å². The van der Waals surface area contributed by atoms with Gasteiger partial charge in [-0.15, -0.1) is 0 Å². The van der Waals surface area contributed by atoms with E-state index in [0.717, 1.165) is 25.2 Å². The summed E-state index contributed by atoms with van der Waals surface area (Å²) in [6, 6.07) is 5.94. The normalized spacial score (nSPS) is 35.1. The molecule has 2 fully saturated rings. The highest BCUT2D eigenvalue weighted by molar-refractivity contribution is 5.18. The molecule has 1 aromatic heterocycles. The minimum Gasteiger partial charge on any atom is -0.347 e. The first-order valence-corrected chi connectivity index (χ1v) is 5.30. The molecule has 0 aromatic carbocycles. The maximum Gasteiger partial charge on any atom is 0.148 e. The number of ether oxygens (including phenoxy) is 2. The number of piperidine rings is 1. The average Bonchev–Trinajstić information content (AvgIpc) is 2.75. The first-order chi connectivity index (χ1) is 7.42. The summed E-state index contributed by atoms with van der Waals surface area (Å²) in [6.07, 6.45) is 2.83. The van der Waals surface area contributed by atoms with Crippen LogP contribution in [0.4, 0.5) is 0 Å². The molecule has 2 saturated heterocycles. The fourth-order valence-electron chi connectivity index (χ4n) is 2.39. The highest BCUT2D eigenvalue weighted by Gasteiger charge is 2.49. The van der Waals surface area contributed by atoms with Crippen molar-refractivity contribution in [1.82, 2.24) is 10.3 Å². The summed E-state index contributed by atoms with van der Waals surface area (Å²) in [5.41, 5.74) is 0.681. The molecule has 80 valence electrons. The van der Waals surface area contributed by atoms with Crippen molar-refractivity contribution in [2.24, 2.45) is 0 Å². The van der Waals surface area contributed by atoms with Gasteiger partial charge in [0.05, 0.1) is 5.69 Å². The lowest BCUT2D eigenvalue weighted by molar-refractivity contribution is -0.0299. The lowest BCUT2D eigenvalue weighted by Gasteiger charge is -2.36. The number of nitrogens with one attached hydrogen (secondary N) is 1. The minimum atomic E-state index is -0.313. The fraction of sp³-hybridized carbons (Fsp3) is 0.545. The maximum atomic E-state index is 5.81. The number of aromatic nitrogens is 1. The number of rotatable bonds is 1. The van der Waals surface area contributed by atoms with Crippen LogP contribution >= 0.6 is 0 Å². The maximum absolute atomic E-state index is 5.81. The van der Waals surface area contributed by atoms with Gasteiger partial charge in [-0.2, -0.15) is 0 Å². The fourth-order valence-corrected chi connectivity index (χ4v) is 2.39. The zero-order valence-electron chi connectivity index (χ0n) is 8.48. The molecule has 1 aromatic rings. The SMILES string of the molecule is c1ccc(C23CCNCC2OCO3)nc1. The van der Waals surface area contributed by atoms with E-state index in [9.17, 15) is 0 Å². The summed E-state index contributed by atoms with van der Waals surface area (Å²) < 4.78 is 11.4. The van der Waals surface area contributed by atoms with Gasteiger partial charge in [0.25, 0.3) is 0 Å². The molecule has 3 heterocycles. The predicted molar refractivity (Wildman–Crippen MR) is 54.2 cm³/mol. The minimum absolute atomic E-state index is 0.0983. The van der Waals surface area contributed by atoms with Crippen molar-refractivity contribution in [3.8, 4) is 0 Å². The third kappa shape index (κ3) is 1.37. The molecular weight excluding hydrogens is 192 g/mol. The van der Waals surface area contributed by atoms with Crippen molar-refractivity contribution in [1.29, 1.82) is 0 Å². The third-order valence-electron chi connectivity index (χ3n) is 3.21. The molecule has 4 heteroatoms. The Morgan fingerprint density at radius 3 is 3.33 bits per heavy atom. The summed E-state index contributed by atoms with van der Waals surface area (Å²) in [5, 5.41) is 3.32. The Balaban J connectivity index is 2.00. The van der Waals surface area contributed by atoms with Crippen LogP contribution in [0.5, 0.6) is 0 Å². The van der Waals surface area contributed by atoms with Gasteiger partial charge in [-0.1, -0.05) is 6.07 Å². The lowest BCUT2D eigenvalue weighted by atomic mass is 9.86. The molecule has 2 aliphatic rings. The van der Waals surface area contributed by atoms with Gasteiger partial charge >= 0.3 is 0 Å². The van der Waals surface area contributed by atoms with E-state index in [2.05, 4.69) is 10.3 Å². The number of hydrogen-bond acceptors (Lipinski definition) is 4. The van der Waals surface area contributed by atoms with Gasteiger partial charge in [0.2, 0.25) is 0 Å². The molecule has 2 aliphatic heterocycles. The van der Waals surface area contributed by atoms with Crippen LogP contribution in [0.3, 0.4) is 0 Å². The zero-order valence-corrected chi connectivity index (χ0v) is 8.48. The van der Waals surface area contributed by atoms with E-state index < -0.39 is 0 Å². The first kappa shape index (κ1) is 9.27. The molecule has 0 amide bonds. The Kier molecular flexibility index (Phi) is 2.20. The second-order valence-corrected chi connectivity index (χ2v) is 3.98. The monoisotopic (exact) mass is 206 g/mol. The molecule has 0 bridgehead atoms. The van der Waals surface area contributed by atoms with Crippen LogP contribution in [0, 0.1) is 0 Å². The van der Waals surface area contributed by atoms with Crippen molar-refractivity contribution in [2.75, 3.05) is 19.9 Å². The molecule has 0 saturated carbocycles. The predicted octanol–water partition coefficient (Wildman–Crippen LogP) is 0.643. The summed E-state index contributed by atoms with van der Waals surface area (Å²) in [4.78, 5) is 4.40. The van der Waals surface area contributed by atoms with Crippen LogP contribution in [0.1, 0.15) is 12.1 Å². The quantitative estimate of drug-likeness (QED) is 0.732. The van der Waals surface area contributed by atoms with Gasteiger partial charge in [0.1, 0.15) is 18.5 Å². The molecule has 4 nitrogen and oxygen atoms in total. The van der Waals surface area contributed by atoms with Crippen molar-refractivity contribution in [3.63, 3.8) is 0 Å². The first-order valence-electron chi connectivity index (χ1n) is 5.30. The van der Waals surface area contributed by atoms with Gasteiger partial charge in [-0.3, -0.25) is 4.98 Å². The molecule has 3 rings (SSSR count). The van der Waals surface area contributed by atoms with Gasteiger partial charge in [0, 0.05) is 12.7 Å². The Morgan fingerprint density at radius 2 is 2.47 bits per heavy atom. The van der Waals surface area contributed by atoms with Crippen LogP contribution in [-0.4, -0.2) is 31.0 Å². The van der Waals surface area contributed by atoms with E-state index in [4.69, 9.17) is 9.47 Å². The summed E-state index contributed by atoms with van der Waals surface area (Å²) in [6.45, 7) is 2.18. The van der Waals surface area contributed by atoms with Gasteiger partial charge in [-0.05, 0) is 25.1 Å². The van der Waals surface area contributed by atoms with Crippen molar-refractivity contribution < 1.29 is 9.47 Å². The van der Waals surface area contributed by atoms with Crippen LogP contribution in [0.15, 0.2) is 24.4 Å². The van der Waals surface area contributed by atoms with Gasteiger partial charge in [0.15, 0.2) is 0 Å². The van der Waals surface area contributed by atoms with E-state index in [1.807, 2.05) is 24.4 Å². The van der Waals surface area contributed by atoms with E-state index >= 15 is 0 Å². The van der Waals surface area contributed by atoms with Crippen LogP contribution in [0.2, 0.25) is 0 Å². The van der Waals surface area contributed by atoms with Gasteiger partial charge < -0.3 is 14.8 Å². The third-order valence-corrected chi connectivity index (χ3v) is 3.21. The Morgan fingerprint density at radius 1 is 1.47 bits per heavy atom. The Hall–Kier alpha value is -0.970. The summed E-state index contributed by atoms with van der Waals surface area (Å²) >= 11 is 0. The summed E-state index contributed by atoms with van der Waals surface area (Å²) in [5.74, 6) is 0. The van der Waals surface area contributed by atoms with Crippen molar-refractivity contribution in [3.05, 3.63) is 30.1 Å². The number of fused-ring (bicyclic) bond motifs is 1. The van der Waals surface area contributed by atoms with E-state index in [1.54, 1.807) is 0 Å². The largest absolute Gasteiger partial charge is 0.347 e. The Labute approximate surface area is 88.6 Å². The molecule has 0 aliphatic carbocycles. The van der Waals surface area contributed by atoms with Gasteiger partial charge in [-0.25, -0.2) is 0 Å². The second-order valence-electron chi connectivity index (χ2n) is 3.98. The van der Waals surface area contributed by atoms with Crippen LogP contribution in [-0.2, 0) is 15.1 Å². The lowest BCUT2D eigenvalue weighted by Crippen LogP contribution is -2.50. The highest BCUT2D eigenvalue weighted by atomic mass is 16.7. The molecule has 0 radical (unpaired) electrons. The number of pyridine rings is 1. The topological polar surface area (TPSA) is 43.4 Å². The van der Waals surface area contributed by atoms with E-state index in [-0.39, 0.29) is 11.7 Å². The molecule has 1 N–H and O–H groups in total. The molecular formula is C11H14N2O2. The highest BCUT2D eigenvalue weighted by Crippen LogP contribution is 2.39. The molecule has 0 spiro atoms. The average molecular weight is 206 g/mol. The van der Waals surface area contributed by atoms with Crippen LogP contribution < -0.4 is 5.32 Å². The second kappa shape index (κ2) is 3.56. The molecule has 2 atom stereocenters.